The molecule has 0 saturated heterocycles. The first-order valence-electron chi connectivity index (χ1n) is 6.09. The Morgan fingerprint density at radius 2 is 1.93 bits per heavy atom. The molecule has 0 heterocycles. The summed E-state index contributed by atoms with van der Waals surface area (Å²) >= 11 is 0. The topological polar surface area (TPSA) is 26.0 Å². The largest absolute Gasteiger partial charge is 0.325 e. The number of hydrogen-bond donors (Lipinski definition) is 1. The van der Waals surface area contributed by atoms with Crippen LogP contribution in [0.25, 0.3) is 0 Å². The van der Waals surface area contributed by atoms with Gasteiger partial charge in [0.15, 0.2) is 0 Å². The summed E-state index contributed by atoms with van der Waals surface area (Å²) in [5, 5.41) is 0. The van der Waals surface area contributed by atoms with E-state index in [2.05, 4.69) is 20.8 Å². The Morgan fingerprint density at radius 1 is 1.29 bits per heavy atom. The summed E-state index contributed by atoms with van der Waals surface area (Å²) in [6, 6.07) is 0. The molecule has 2 radical (unpaired) electrons. The molecule has 2 N–H and O–H groups in total. The highest BCUT2D eigenvalue weighted by Gasteiger charge is 2.28. The average Bonchev–Trinajstić information content (AvgIpc) is 2.18. The van der Waals surface area contributed by atoms with E-state index in [1.807, 2.05) is 0 Å². The molecule has 0 rings (SSSR count). The zero-order chi connectivity index (χ0) is 11.0. The third-order valence-corrected chi connectivity index (χ3v) is 3.46. The maximum Gasteiger partial charge on any atom is 0.0653 e. The summed E-state index contributed by atoms with van der Waals surface area (Å²) < 4.78 is 0. The van der Waals surface area contributed by atoms with Gasteiger partial charge in [-0.1, -0.05) is 46.4 Å². The SMILES string of the molecule is [B]CCCCC(N)(CC)C(C)CCC. The van der Waals surface area contributed by atoms with Crippen molar-refractivity contribution in [2.45, 2.75) is 71.2 Å². The lowest BCUT2D eigenvalue weighted by atomic mass is 9.77. The summed E-state index contributed by atoms with van der Waals surface area (Å²) in [5.41, 5.74) is 6.47. The molecule has 2 heteroatoms. The highest BCUT2D eigenvalue weighted by Crippen LogP contribution is 2.28. The average molecular weight is 195 g/mol. The molecule has 0 amide bonds. The van der Waals surface area contributed by atoms with Gasteiger partial charge in [-0.15, -0.1) is 0 Å². The molecule has 2 atom stereocenters. The molecule has 0 aromatic rings. The van der Waals surface area contributed by atoms with Gasteiger partial charge in [-0.05, 0) is 25.2 Å². The minimum atomic E-state index is 0.0468. The van der Waals surface area contributed by atoms with Crippen LogP contribution in [0, 0.1) is 5.92 Å². The van der Waals surface area contributed by atoms with Crippen LogP contribution in [0.5, 0.6) is 0 Å². The maximum absolute atomic E-state index is 6.43. The lowest BCUT2D eigenvalue weighted by molar-refractivity contribution is 0.240. The molecule has 2 unspecified atom stereocenters. The van der Waals surface area contributed by atoms with Crippen molar-refractivity contribution in [1.29, 1.82) is 0 Å². The van der Waals surface area contributed by atoms with Gasteiger partial charge in [0.1, 0.15) is 0 Å². The van der Waals surface area contributed by atoms with Crippen LogP contribution in [-0.4, -0.2) is 13.4 Å². The van der Waals surface area contributed by atoms with Crippen molar-refractivity contribution in [2.24, 2.45) is 11.7 Å². The summed E-state index contributed by atoms with van der Waals surface area (Å²) in [6.07, 6.45) is 7.76. The van der Waals surface area contributed by atoms with Crippen LogP contribution >= 0.6 is 0 Å². The van der Waals surface area contributed by atoms with Gasteiger partial charge < -0.3 is 5.73 Å². The highest BCUT2D eigenvalue weighted by molar-refractivity contribution is 6.08. The number of rotatable bonds is 8. The van der Waals surface area contributed by atoms with Gasteiger partial charge in [0.25, 0.3) is 0 Å². The molecule has 0 aromatic carbocycles. The Labute approximate surface area is 91.2 Å². The second kappa shape index (κ2) is 7.33. The molecule has 0 aliphatic carbocycles. The first-order chi connectivity index (χ1) is 6.60. The first kappa shape index (κ1) is 14.0. The fourth-order valence-electron chi connectivity index (χ4n) is 2.09. The van der Waals surface area contributed by atoms with E-state index in [0.29, 0.717) is 5.92 Å². The van der Waals surface area contributed by atoms with Crippen molar-refractivity contribution < 1.29 is 0 Å². The predicted octanol–water partition coefficient (Wildman–Crippen LogP) is 3.29. The maximum atomic E-state index is 6.43. The van der Waals surface area contributed by atoms with Gasteiger partial charge >= 0.3 is 0 Å². The Morgan fingerprint density at radius 3 is 2.36 bits per heavy atom. The van der Waals surface area contributed by atoms with Crippen molar-refractivity contribution in [3.63, 3.8) is 0 Å². The van der Waals surface area contributed by atoms with E-state index in [9.17, 15) is 0 Å². The van der Waals surface area contributed by atoms with Gasteiger partial charge in [0.2, 0.25) is 0 Å². The third kappa shape index (κ3) is 4.50. The number of hydrogen-bond acceptors (Lipinski definition) is 1. The monoisotopic (exact) mass is 195 g/mol. The van der Waals surface area contributed by atoms with Crippen LogP contribution < -0.4 is 5.73 Å². The molecular formula is C12H26BN. The molecule has 0 aromatic heterocycles. The fraction of sp³-hybridized carbons (Fsp3) is 1.00. The molecule has 0 aliphatic heterocycles. The number of nitrogens with two attached hydrogens (primary N) is 1. The molecule has 0 spiro atoms. The first-order valence-corrected chi connectivity index (χ1v) is 6.09. The van der Waals surface area contributed by atoms with Gasteiger partial charge in [-0.25, -0.2) is 0 Å². The van der Waals surface area contributed by atoms with E-state index in [0.717, 1.165) is 25.6 Å². The lowest BCUT2D eigenvalue weighted by Gasteiger charge is -2.35. The van der Waals surface area contributed by atoms with Crippen LogP contribution in [0.4, 0.5) is 0 Å². The second-order valence-electron chi connectivity index (χ2n) is 4.52. The van der Waals surface area contributed by atoms with Gasteiger partial charge in [-0.3, -0.25) is 0 Å². The summed E-state index contributed by atoms with van der Waals surface area (Å²) in [5.74, 6) is 0.635. The van der Waals surface area contributed by atoms with Crippen molar-refractivity contribution in [2.75, 3.05) is 0 Å². The fourth-order valence-corrected chi connectivity index (χ4v) is 2.09. The molecular weight excluding hydrogens is 169 g/mol. The van der Waals surface area contributed by atoms with Crippen molar-refractivity contribution in [1.82, 2.24) is 0 Å². The Bertz CT molecular complexity index is 138. The van der Waals surface area contributed by atoms with Crippen LogP contribution in [0.2, 0.25) is 6.32 Å². The summed E-state index contributed by atoms with van der Waals surface area (Å²) in [4.78, 5) is 0. The van der Waals surface area contributed by atoms with E-state index >= 15 is 0 Å². The predicted molar refractivity (Wildman–Crippen MR) is 65.7 cm³/mol. The normalized spacial score (nSPS) is 17.7. The molecule has 82 valence electrons. The van der Waals surface area contributed by atoms with E-state index in [1.165, 1.54) is 19.3 Å². The van der Waals surface area contributed by atoms with Crippen LogP contribution in [-0.2, 0) is 0 Å². The Balaban J connectivity index is 4.01. The molecule has 1 nitrogen and oxygen atoms in total. The van der Waals surface area contributed by atoms with Crippen LogP contribution in [0.15, 0.2) is 0 Å². The minimum Gasteiger partial charge on any atom is -0.325 e. The summed E-state index contributed by atoms with van der Waals surface area (Å²) in [6.45, 7) is 6.72. The van der Waals surface area contributed by atoms with Crippen LogP contribution in [0.1, 0.15) is 59.3 Å². The van der Waals surface area contributed by atoms with Crippen molar-refractivity contribution in [3.05, 3.63) is 0 Å². The number of unbranched alkanes of at least 4 members (excludes halogenated alkanes) is 1. The van der Waals surface area contributed by atoms with Gasteiger partial charge in [0.05, 0.1) is 7.85 Å². The van der Waals surface area contributed by atoms with Crippen LogP contribution in [0.3, 0.4) is 0 Å². The standard InChI is InChI=1S/C12H26BN/c1-4-8-11(3)12(14,5-2)9-6-7-10-13/h11H,4-10,14H2,1-3H3. The molecule has 0 bridgehead atoms. The molecule has 0 aliphatic rings. The molecule has 0 saturated carbocycles. The smallest absolute Gasteiger partial charge is 0.0653 e. The zero-order valence-electron chi connectivity index (χ0n) is 10.2. The van der Waals surface area contributed by atoms with Crippen molar-refractivity contribution >= 4 is 7.85 Å². The highest BCUT2D eigenvalue weighted by atomic mass is 14.7. The van der Waals surface area contributed by atoms with E-state index in [1.54, 1.807) is 0 Å². The zero-order valence-corrected chi connectivity index (χ0v) is 10.2. The summed E-state index contributed by atoms with van der Waals surface area (Å²) in [7, 11) is 5.49. The minimum absolute atomic E-state index is 0.0468. The Kier molecular flexibility index (Phi) is 7.35. The van der Waals surface area contributed by atoms with Crippen molar-refractivity contribution in [3.8, 4) is 0 Å². The van der Waals surface area contributed by atoms with E-state index in [-0.39, 0.29) is 5.54 Å². The third-order valence-electron chi connectivity index (χ3n) is 3.46. The Hall–Kier alpha value is 0.0249. The molecule has 0 fully saturated rings. The van der Waals surface area contributed by atoms with Gasteiger partial charge in [0, 0.05) is 5.54 Å². The molecule has 14 heavy (non-hydrogen) atoms. The lowest BCUT2D eigenvalue weighted by Crippen LogP contribution is -2.45. The van der Waals surface area contributed by atoms with Gasteiger partial charge in [-0.2, -0.15) is 0 Å². The second-order valence-corrected chi connectivity index (χ2v) is 4.52. The van der Waals surface area contributed by atoms with E-state index < -0.39 is 0 Å². The van der Waals surface area contributed by atoms with E-state index in [4.69, 9.17) is 13.6 Å². The quantitative estimate of drug-likeness (QED) is 0.466.